The zero-order chi connectivity index (χ0) is 14.7. The summed E-state index contributed by atoms with van der Waals surface area (Å²) in [5.41, 5.74) is 1.09. The Morgan fingerprint density at radius 1 is 1.05 bits per heavy atom. The van der Waals surface area contributed by atoms with E-state index in [1.54, 1.807) is 24.3 Å². The highest BCUT2D eigenvalue weighted by atomic mass is 35.5. The molecule has 2 rings (SSSR count). The van der Waals surface area contributed by atoms with Crippen molar-refractivity contribution >= 4 is 17.6 Å². The third kappa shape index (κ3) is 3.33. The van der Waals surface area contributed by atoms with Crippen molar-refractivity contribution in [2.45, 2.75) is 12.3 Å². The van der Waals surface area contributed by atoms with Crippen LogP contribution < -0.4 is 0 Å². The second kappa shape index (κ2) is 6.01. The van der Waals surface area contributed by atoms with Gasteiger partial charge in [-0.3, -0.25) is 4.79 Å². The van der Waals surface area contributed by atoms with Gasteiger partial charge < -0.3 is 5.11 Å². The minimum atomic E-state index is -1.02. The number of carboxylic acid groups (broad SMARTS) is 1. The van der Waals surface area contributed by atoms with Crippen LogP contribution in [0.2, 0.25) is 5.02 Å². The quantitative estimate of drug-likeness (QED) is 0.917. The molecule has 20 heavy (non-hydrogen) atoms. The number of halogens is 3. The Balaban J connectivity index is 2.43. The van der Waals surface area contributed by atoms with Crippen molar-refractivity contribution in [1.29, 1.82) is 0 Å². The highest BCUT2D eigenvalue weighted by Crippen LogP contribution is 2.29. The minimum absolute atomic E-state index is 0.216. The van der Waals surface area contributed by atoms with Crippen LogP contribution in [0, 0.1) is 11.6 Å². The predicted molar refractivity (Wildman–Crippen MR) is 71.9 cm³/mol. The van der Waals surface area contributed by atoms with Gasteiger partial charge >= 0.3 is 5.97 Å². The van der Waals surface area contributed by atoms with Crippen LogP contribution in [0.1, 0.15) is 23.5 Å². The first-order valence-electron chi connectivity index (χ1n) is 5.89. The van der Waals surface area contributed by atoms with Gasteiger partial charge in [0.2, 0.25) is 0 Å². The van der Waals surface area contributed by atoms with E-state index in [2.05, 4.69) is 0 Å². The van der Waals surface area contributed by atoms with E-state index in [1.807, 2.05) is 0 Å². The molecule has 1 N–H and O–H groups in total. The number of benzene rings is 2. The van der Waals surface area contributed by atoms with E-state index in [0.29, 0.717) is 16.1 Å². The maximum absolute atomic E-state index is 13.3. The fraction of sp³-hybridized carbons (Fsp3) is 0.133. The normalized spacial score (nSPS) is 12.2. The van der Waals surface area contributed by atoms with Crippen LogP contribution in [0.5, 0.6) is 0 Å². The molecule has 2 nitrogen and oxygen atoms in total. The summed E-state index contributed by atoms with van der Waals surface area (Å²) in [6.45, 7) is 0. The number of carbonyl (C=O) groups is 1. The van der Waals surface area contributed by atoms with Crippen LogP contribution >= 0.6 is 11.6 Å². The first-order valence-corrected chi connectivity index (χ1v) is 6.27. The van der Waals surface area contributed by atoms with Gasteiger partial charge in [-0.2, -0.15) is 0 Å². The van der Waals surface area contributed by atoms with E-state index in [4.69, 9.17) is 16.7 Å². The molecular formula is C15H11ClF2O2. The van der Waals surface area contributed by atoms with Crippen LogP contribution in [0.4, 0.5) is 8.78 Å². The Bertz CT molecular complexity index is 626. The number of rotatable bonds is 4. The molecule has 0 aliphatic heterocycles. The van der Waals surface area contributed by atoms with Crippen LogP contribution in [0.15, 0.2) is 42.5 Å². The van der Waals surface area contributed by atoms with Crippen molar-refractivity contribution in [2.24, 2.45) is 0 Å². The molecule has 0 heterocycles. The molecule has 0 saturated heterocycles. The molecule has 0 aromatic heterocycles. The van der Waals surface area contributed by atoms with Gasteiger partial charge in [-0.05, 0) is 35.4 Å². The zero-order valence-corrected chi connectivity index (χ0v) is 11.1. The number of hydrogen-bond acceptors (Lipinski definition) is 1. The minimum Gasteiger partial charge on any atom is -0.481 e. The second-order valence-corrected chi connectivity index (χ2v) is 4.81. The summed E-state index contributed by atoms with van der Waals surface area (Å²) < 4.78 is 26.3. The first kappa shape index (κ1) is 14.5. The summed E-state index contributed by atoms with van der Waals surface area (Å²) in [7, 11) is 0. The lowest BCUT2D eigenvalue weighted by molar-refractivity contribution is -0.137. The van der Waals surface area contributed by atoms with Crippen molar-refractivity contribution in [3.05, 3.63) is 70.2 Å². The lowest BCUT2D eigenvalue weighted by atomic mass is 9.88. The summed E-state index contributed by atoms with van der Waals surface area (Å²) in [5.74, 6) is -3.53. The Labute approximate surface area is 119 Å². The fourth-order valence-corrected chi connectivity index (χ4v) is 2.15. The van der Waals surface area contributed by atoms with Gasteiger partial charge in [0.1, 0.15) is 0 Å². The Hall–Kier alpha value is -1.94. The SMILES string of the molecule is O=C(O)C[C@H](c1ccc(Cl)cc1)c1ccc(F)c(F)c1. The number of hydrogen-bond donors (Lipinski definition) is 1. The zero-order valence-electron chi connectivity index (χ0n) is 10.3. The van der Waals surface area contributed by atoms with Crippen LogP contribution in [0.25, 0.3) is 0 Å². The van der Waals surface area contributed by atoms with Crippen molar-refractivity contribution in [1.82, 2.24) is 0 Å². The number of carboxylic acids is 1. The van der Waals surface area contributed by atoms with E-state index in [1.165, 1.54) is 6.07 Å². The average Bonchev–Trinajstić information content (AvgIpc) is 2.40. The van der Waals surface area contributed by atoms with Gasteiger partial charge in [-0.15, -0.1) is 0 Å². The smallest absolute Gasteiger partial charge is 0.304 e. The van der Waals surface area contributed by atoms with Gasteiger partial charge in [0, 0.05) is 10.9 Å². The van der Waals surface area contributed by atoms with Crippen LogP contribution in [-0.2, 0) is 4.79 Å². The van der Waals surface area contributed by atoms with E-state index >= 15 is 0 Å². The molecule has 0 amide bonds. The lowest BCUT2D eigenvalue weighted by Gasteiger charge is -2.16. The predicted octanol–water partition coefficient (Wildman–Crippen LogP) is 4.22. The molecule has 1 atom stereocenters. The Kier molecular flexibility index (Phi) is 4.35. The highest BCUT2D eigenvalue weighted by Gasteiger charge is 2.19. The molecule has 5 heteroatoms. The number of aliphatic carboxylic acids is 1. The second-order valence-electron chi connectivity index (χ2n) is 4.38. The molecule has 0 bridgehead atoms. The van der Waals surface area contributed by atoms with Crippen molar-refractivity contribution in [3.8, 4) is 0 Å². The molecule has 0 aliphatic rings. The summed E-state index contributed by atoms with van der Waals surface area (Å²) in [4.78, 5) is 11.0. The molecular weight excluding hydrogens is 286 g/mol. The fourth-order valence-electron chi connectivity index (χ4n) is 2.03. The molecule has 0 radical (unpaired) electrons. The van der Waals surface area contributed by atoms with Crippen molar-refractivity contribution in [3.63, 3.8) is 0 Å². The third-order valence-corrected chi connectivity index (χ3v) is 3.25. The topological polar surface area (TPSA) is 37.3 Å². The molecule has 0 saturated carbocycles. The van der Waals surface area contributed by atoms with Crippen LogP contribution in [-0.4, -0.2) is 11.1 Å². The molecule has 2 aromatic carbocycles. The standard InChI is InChI=1S/C15H11ClF2O2/c16-11-4-1-9(2-5-11)12(8-15(19)20)10-3-6-13(17)14(18)7-10/h1-7,12H,8H2,(H,19,20)/t12-/m1/s1. The maximum atomic E-state index is 13.3. The molecule has 0 aliphatic carbocycles. The summed E-state index contributed by atoms with van der Waals surface area (Å²) >= 11 is 5.79. The molecule has 0 unspecified atom stereocenters. The van der Waals surface area contributed by atoms with Gasteiger partial charge in [0.15, 0.2) is 11.6 Å². The molecule has 0 fully saturated rings. The summed E-state index contributed by atoms with van der Waals surface area (Å²) in [6, 6.07) is 10.0. The molecule has 104 valence electrons. The van der Waals surface area contributed by atoms with E-state index < -0.39 is 23.5 Å². The monoisotopic (exact) mass is 296 g/mol. The van der Waals surface area contributed by atoms with E-state index in [9.17, 15) is 13.6 Å². The summed E-state index contributed by atoms with van der Waals surface area (Å²) in [6.07, 6.45) is -0.216. The first-order chi connectivity index (χ1) is 9.47. The van der Waals surface area contributed by atoms with Gasteiger partial charge in [-0.1, -0.05) is 29.8 Å². The van der Waals surface area contributed by atoms with E-state index in [0.717, 1.165) is 12.1 Å². The van der Waals surface area contributed by atoms with E-state index in [-0.39, 0.29) is 6.42 Å². The average molecular weight is 297 g/mol. The third-order valence-electron chi connectivity index (χ3n) is 3.00. The maximum Gasteiger partial charge on any atom is 0.304 e. The summed E-state index contributed by atoms with van der Waals surface area (Å²) in [5, 5.41) is 9.51. The lowest BCUT2D eigenvalue weighted by Crippen LogP contribution is -2.08. The largest absolute Gasteiger partial charge is 0.481 e. The molecule has 2 aromatic rings. The van der Waals surface area contributed by atoms with Gasteiger partial charge in [0.05, 0.1) is 6.42 Å². The van der Waals surface area contributed by atoms with Gasteiger partial charge in [-0.25, -0.2) is 8.78 Å². The highest BCUT2D eigenvalue weighted by molar-refractivity contribution is 6.30. The van der Waals surface area contributed by atoms with Crippen molar-refractivity contribution < 1.29 is 18.7 Å². The Morgan fingerprint density at radius 2 is 1.65 bits per heavy atom. The van der Waals surface area contributed by atoms with Gasteiger partial charge in [0.25, 0.3) is 0 Å². The van der Waals surface area contributed by atoms with Crippen molar-refractivity contribution in [2.75, 3.05) is 0 Å². The van der Waals surface area contributed by atoms with Crippen LogP contribution in [0.3, 0.4) is 0 Å². The Morgan fingerprint density at radius 3 is 2.20 bits per heavy atom. The molecule has 0 spiro atoms.